The fourth-order valence-corrected chi connectivity index (χ4v) is 4.80. The molecular formula is C19H38N2. The summed E-state index contributed by atoms with van der Waals surface area (Å²) in [7, 11) is 0. The molecule has 3 unspecified atom stereocenters. The maximum absolute atomic E-state index is 6.22. The first kappa shape index (κ1) is 17.3. The summed E-state index contributed by atoms with van der Waals surface area (Å²) in [6.07, 6.45) is 8.35. The van der Waals surface area contributed by atoms with Crippen molar-refractivity contribution in [2.24, 2.45) is 28.9 Å². The van der Waals surface area contributed by atoms with Gasteiger partial charge in [-0.1, -0.05) is 27.7 Å². The summed E-state index contributed by atoms with van der Waals surface area (Å²) in [6.45, 7) is 14.2. The van der Waals surface area contributed by atoms with Gasteiger partial charge in [-0.05, 0) is 75.2 Å². The van der Waals surface area contributed by atoms with E-state index in [9.17, 15) is 0 Å². The van der Waals surface area contributed by atoms with E-state index in [0.717, 1.165) is 24.3 Å². The van der Waals surface area contributed by atoms with Gasteiger partial charge in [0.05, 0.1) is 0 Å². The topological polar surface area (TPSA) is 29.3 Å². The van der Waals surface area contributed by atoms with Gasteiger partial charge in [-0.3, -0.25) is 4.90 Å². The van der Waals surface area contributed by atoms with Gasteiger partial charge in [-0.25, -0.2) is 0 Å². The second kappa shape index (κ2) is 7.00. The molecule has 1 aliphatic carbocycles. The van der Waals surface area contributed by atoms with Crippen molar-refractivity contribution in [3.63, 3.8) is 0 Å². The third kappa shape index (κ3) is 4.01. The van der Waals surface area contributed by atoms with E-state index in [2.05, 4.69) is 39.5 Å². The second-order valence-electron chi connectivity index (χ2n) is 8.88. The van der Waals surface area contributed by atoms with E-state index in [4.69, 9.17) is 5.73 Å². The molecule has 2 rings (SSSR count). The van der Waals surface area contributed by atoms with Crippen LogP contribution in [0, 0.1) is 23.2 Å². The molecule has 0 bridgehead atoms. The lowest BCUT2D eigenvalue weighted by Gasteiger charge is -2.47. The Kier molecular flexibility index (Phi) is 5.76. The highest BCUT2D eigenvalue weighted by Gasteiger charge is 2.37. The molecule has 0 radical (unpaired) electrons. The quantitative estimate of drug-likeness (QED) is 0.841. The van der Waals surface area contributed by atoms with Gasteiger partial charge in [-0.15, -0.1) is 0 Å². The highest BCUT2D eigenvalue weighted by molar-refractivity contribution is 4.91. The summed E-state index contributed by atoms with van der Waals surface area (Å²) in [4.78, 5) is 2.76. The number of nitrogens with zero attached hydrogens (tertiary/aromatic N) is 1. The zero-order valence-electron chi connectivity index (χ0n) is 15.1. The van der Waals surface area contributed by atoms with E-state index in [1.165, 1.54) is 45.1 Å². The fourth-order valence-electron chi connectivity index (χ4n) is 4.80. The Morgan fingerprint density at radius 1 is 1.05 bits per heavy atom. The standard InChI is InChI=1S/C19H38N2/c1-14-7-6-12-21(15(14)2)18(13-20)16-8-10-17(11-9-16)19(3,4)5/h14-18H,6-13,20H2,1-5H3. The molecule has 0 aromatic heterocycles. The van der Waals surface area contributed by atoms with E-state index < -0.39 is 0 Å². The highest BCUT2D eigenvalue weighted by Crippen LogP contribution is 2.42. The second-order valence-corrected chi connectivity index (χ2v) is 8.88. The Balaban J connectivity index is 1.96. The van der Waals surface area contributed by atoms with Gasteiger partial charge in [0.1, 0.15) is 0 Å². The zero-order valence-corrected chi connectivity index (χ0v) is 15.1. The van der Waals surface area contributed by atoms with E-state index in [0.29, 0.717) is 17.5 Å². The van der Waals surface area contributed by atoms with E-state index >= 15 is 0 Å². The predicted octanol–water partition coefficient (Wildman–Crippen LogP) is 4.29. The zero-order chi connectivity index (χ0) is 15.6. The molecule has 0 aromatic carbocycles. The summed E-state index contributed by atoms with van der Waals surface area (Å²) in [5, 5.41) is 0. The molecule has 2 N–H and O–H groups in total. The van der Waals surface area contributed by atoms with Crippen molar-refractivity contribution in [3.8, 4) is 0 Å². The summed E-state index contributed by atoms with van der Waals surface area (Å²) in [6, 6.07) is 1.34. The van der Waals surface area contributed by atoms with Crippen LogP contribution in [-0.2, 0) is 0 Å². The molecule has 124 valence electrons. The van der Waals surface area contributed by atoms with E-state index in [-0.39, 0.29) is 0 Å². The number of piperidine rings is 1. The number of hydrogen-bond acceptors (Lipinski definition) is 2. The molecule has 2 nitrogen and oxygen atoms in total. The van der Waals surface area contributed by atoms with Crippen molar-refractivity contribution in [1.82, 2.24) is 4.90 Å². The lowest BCUT2D eigenvalue weighted by Crippen LogP contribution is -2.54. The van der Waals surface area contributed by atoms with Crippen LogP contribution < -0.4 is 5.73 Å². The van der Waals surface area contributed by atoms with Gasteiger partial charge in [0.25, 0.3) is 0 Å². The predicted molar refractivity (Wildman–Crippen MR) is 92.3 cm³/mol. The minimum Gasteiger partial charge on any atom is -0.329 e. The number of likely N-dealkylation sites (tertiary alicyclic amines) is 1. The van der Waals surface area contributed by atoms with Crippen LogP contribution in [0.4, 0.5) is 0 Å². The van der Waals surface area contributed by atoms with Crippen molar-refractivity contribution in [2.45, 2.75) is 85.2 Å². The van der Waals surface area contributed by atoms with Crippen LogP contribution in [0.2, 0.25) is 0 Å². The summed E-state index contributed by atoms with van der Waals surface area (Å²) in [5.74, 6) is 2.57. The van der Waals surface area contributed by atoms with Crippen LogP contribution >= 0.6 is 0 Å². The Bertz CT molecular complexity index is 312. The van der Waals surface area contributed by atoms with Crippen LogP contribution in [0.15, 0.2) is 0 Å². The number of rotatable bonds is 3. The first-order valence-electron chi connectivity index (χ1n) is 9.30. The van der Waals surface area contributed by atoms with Crippen LogP contribution in [0.3, 0.4) is 0 Å². The normalized spacial score (nSPS) is 37.4. The molecule has 3 atom stereocenters. The van der Waals surface area contributed by atoms with Gasteiger partial charge in [-0.2, -0.15) is 0 Å². The Labute approximate surface area is 132 Å². The van der Waals surface area contributed by atoms with Gasteiger partial charge >= 0.3 is 0 Å². The minimum atomic E-state index is 0.482. The maximum Gasteiger partial charge on any atom is 0.0249 e. The highest BCUT2D eigenvalue weighted by atomic mass is 15.2. The van der Waals surface area contributed by atoms with Crippen molar-refractivity contribution in [2.75, 3.05) is 13.1 Å². The Morgan fingerprint density at radius 3 is 2.19 bits per heavy atom. The average Bonchev–Trinajstić information content (AvgIpc) is 2.44. The van der Waals surface area contributed by atoms with Gasteiger partial charge in [0.15, 0.2) is 0 Å². The molecule has 1 saturated carbocycles. The molecule has 21 heavy (non-hydrogen) atoms. The molecule has 1 aliphatic heterocycles. The van der Waals surface area contributed by atoms with Gasteiger partial charge < -0.3 is 5.73 Å². The molecule has 0 spiro atoms. The first-order valence-corrected chi connectivity index (χ1v) is 9.30. The van der Waals surface area contributed by atoms with Crippen molar-refractivity contribution in [1.29, 1.82) is 0 Å². The maximum atomic E-state index is 6.22. The van der Waals surface area contributed by atoms with Gasteiger partial charge in [0, 0.05) is 18.6 Å². The molecule has 2 aliphatic rings. The monoisotopic (exact) mass is 294 g/mol. The Hall–Kier alpha value is -0.0800. The lowest BCUT2D eigenvalue weighted by molar-refractivity contribution is 0.0217. The average molecular weight is 295 g/mol. The van der Waals surface area contributed by atoms with Crippen LogP contribution in [0.1, 0.15) is 73.1 Å². The SMILES string of the molecule is CC1CCCN(C(CN)C2CCC(C(C)(C)C)CC2)C1C. The van der Waals surface area contributed by atoms with E-state index in [1.807, 2.05) is 0 Å². The van der Waals surface area contributed by atoms with Gasteiger partial charge in [0.2, 0.25) is 0 Å². The van der Waals surface area contributed by atoms with Crippen LogP contribution in [0.5, 0.6) is 0 Å². The van der Waals surface area contributed by atoms with Crippen molar-refractivity contribution >= 4 is 0 Å². The smallest absolute Gasteiger partial charge is 0.0249 e. The Morgan fingerprint density at radius 2 is 1.67 bits per heavy atom. The molecule has 0 aromatic rings. The first-order chi connectivity index (χ1) is 9.84. The fraction of sp³-hybridized carbons (Fsp3) is 1.00. The molecule has 1 heterocycles. The third-order valence-electron chi connectivity index (χ3n) is 6.63. The summed E-state index contributed by atoms with van der Waals surface area (Å²) < 4.78 is 0. The molecule has 1 saturated heterocycles. The molecular weight excluding hydrogens is 256 g/mol. The molecule has 2 heteroatoms. The molecule has 2 fully saturated rings. The van der Waals surface area contributed by atoms with Crippen LogP contribution in [0.25, 0.3) is 0 Å². The number of nitrogens with two attached hydrogens (primary N) is 1. The van der Waals surface area contributed by atoms with E-state index in [1.54, 1.807) is 0 Å². The largest absolute Gasteiger partial charge is 0.329 e. The summed E-state index contributed by atoms with van der Waals surface area (Å²) >= 11 is 0. The third-order valence-corrected chi connectivity index (χ3v) is 6.63. The minimum absolute atomic E-state index is 0.482. The van der Waals surface area contributed by atoms with Crippen molar-refractivity contribution < 1.29 is 0 Å². The number of hydrogen-bond donors (Lipinski definition) is 1. The lowest BCUT2D eigenvalue weighted by atomic mass is 9.68. The van der Waals surface area contributed by atoms with Crippen molar-refractivity contribution in [3.05, 3.63) is 0 Å². The summed E-state index contributed by atoms with van der Waals surface area (Å²) in [5.41, 5.74) is 6.70. The van der Waals surface area contributed by atoms with Crippen LogP contribution in [-0.4, -0.2) is 30.1 Å². The molecule has 0 amide bonds.